The SMILES string of the molecule is COc1ccc(N2CC3(C2)CN(c2nc(C)nc4c2CCNC4=O)C3)cc1. The van der Waals surface area contributed by atoms with Gasteiger partial charge in [0, 0.05) is 49.4 Å². The van der Waals surface area contributed by atoms with Crippen molar-refractivity contribution in [1.29, 1.82) is 0 Å². The summed E-state index contributed by atoms with van der Waals surface area (Å²) in [5, 5.41) is 2.87. The van der Waals surface area contributed by atoms with Crippen LogP contribution in [0.15, 0.2) is 24.3 Å². The molecule has 2 fully saturated rings. The molecule has 5 rings (SSSR count). The molecule has 4 heterocycles. The molecule has 1 aromatic heterocycles. The van der Waals surface area contributed by atoms with E-state index in [0.717, 1.165) is 49.7 Å². The Hall–Kier alpha value is -2.83. The van der Waals surface area contributed by atoms with Crippen LogP contribution in [-0.4, -0.2) is 55.7 Å². The molecule has 0 bridgehead atoms. The Balaban J connectivity index is 1.29. The van der Waals surface area contributed by atoms with Crippen LogP contribution in [0.5, 0.6) is 5.75 Å². The van der Waals surface area contributed by atoms with E-state index in [1.54, 1.807) is 7.11 Å². The Morgan fingerprint density at radius 2 is 1.78 bits per heavy atom. The van der Waals surface area contributed by atoms with Crippen LogP contribution in [0.1, 0.15) is 21.9 Å². The first-order valence-electron chi connectivity index (χ1n) is 9.37. The van der Waals surface area contributed by atoms with Crippen molar-refractivity contribution >= 4 is 17.4 Å². The normalized spacial score (nSPS) is 19.9. The van der Waals surface area contributed by atoms with Gasteiger partial charge >= 0.3 is 0 Å². The van der Waals surface area contributed by atoms with Gasteiger partial charge in [-0.15, -0.1) is 0 Å². The summed E-state index contributed by atoms with van der Waals surface area (Å²) in [5.41, 5.74) is 3.14. The van der Waals surface area contributed by atoms with Crippen LogP contribution in [0.25, 0.3) is 0 Å². The molecule has 1 spiro atoms. The van der Waals surface area contributed by atoms with E-state index in [9.17, 15) is 4.79 Å². The number of aromatic nitrogens is 2. The van der Waals surface area contributed by atoms with Gasteiger partial charge in [0.1, 0.15) is 23.1 Å². The van der Waals surface area contributed by atoms with Gasteiger partial charge in [-0.3, -0.25) is 4.79 Å². The molecule has 2 aromatic rings. The predicted octanol–water partition coefficient (Wildman–Crippen LogP) is 1.41. The molecule has 0 saturated carbocycles. The van der Waals surface area contributed by atoms with Gasteiger partial charge in [0.2, 0.25) is 0 Å². The maximum absolute atomic E-state index is 12.1. The minimum atomic E-state index is -0.0763. The molecular weight excluding hydrogens is 342 g/mol. The largest absolute Gasteiger partial charge is 0.497 e. The highest BCUT2D eigenvalue weighted by Gasteiger charge is 2.52. The predicted molar refractivity (Wildman–Crippen MR) is 103 cm³/mol. The van der Waals surface area contributed by atoms with Gasteiger partial charge in [-0.1, -0.05) is 0 Å². The molecule has 7 heteroatoms. The van der Waals surface area contributed by atoms with E-state index < -0.39 is 0 Å². The quantitative estimate of drug-likeness (QED) is 0.887. The fourth-order valence-electron chi connectivity index (χ4n) is 4.50. The van der Waals surface area contributed by atoms with Crippen molar-refractivity contribution in [3.8, 4) is 5.75 Å². The fourth-order valence-corrected chi connectivity index (χ4v) is 4.50. The first kappa shape index (κ1) is 16.4. The minimum Gasteiger partial charge on any atom is -0.497 e. The first-order chi connectivity index (χ1) is 13.1. The second-order valence-corrected chi connectivity index (χ2v) is 7.84. The van der Waals surface area contributed by atoms with Crippen molar-refractivity contribution in [2.24, 2.45) is 5.41 Å². The van der Waals surface area contributed by atoms with Gasteiger partial charge in [-0.25, -0.2) is 9.97 Å². The standard InChI is InChI=1S/C20H23N5O2/c1-13-22-17-16(7-8-21-19(17)26)18(23-13)25-11-20(12-25)9-24(10-20)14-3-5-15(27-2)6-4-14/h3-6H,7-12H2,1-2H3,(H,21,26). The lowest BCUT2D eigenvalue weighted by Crippen LogP contribution is -2.72. The van der Waals surface area contributed by atoms with Gasteiger partial charge in [0.25, 0.3) is 5.91 Å². The number of hydrogen-bond acceptors (Lipinski definition) is 6. The number of aryl methyl sites for hydroxylation is 1. The number of hydrogen-bond donors (Lipinski definition) is 1. The summed E-state index contributed by atoms with van der Waals surface area (Å²) >= 11 is 0. The Labute approximate surface area is 158 Å². The summed E-state index contributed by atoms with van der Waals surface area (Å²) in [6.07, 6.45) is 0.804. The number of fused-ring (bicyclic) bond motifs is 1. The molecule has 3 aliphatic heterocycles. The van der Waals surface area contributed by atoms with Crippen LogP contribution in [0.4, 0.5) is 11.5 Å². The maximum atomic E-state index is 12.1. The minimum absolute atomic E-state index is 0.0763. The van der Waals surface area contributed by atoms with Crippen molar-refractivity contribution in [2.75, 3.05) is 49.6 Å². The highest BCUT2D eigenvalue weighted by atomic mass is 16.5. The number of ether oxygens (including phenoxy) is 1. The van der Waals surface area contributed by atoms with Crippen LogP contribution in [0.2, 0.25) is 0 Å². The van der Waals surface area contributed by atoms with E-state index in [-0.39, 0.29) is 5.91 Å². The van der Waals surface area contributed by atoms with Gasteiger partial charge in [0.05, 0.1) is 7.11 Å². The van der Waals surface area contributed by atoms with Crippen molar-refractivity contribution in [3.63, 3.8) is 0 Å². The molecule has 3 aliphatic rings. The average Bonchev–Trinajstić information content (AvgIpc) is 2.60. The molecule has 1 amide bonds. The van der Waals surface area contributed by atoms with Crippen LogP contribution in [0, 0.1) is 12.3 Å². The van der Waals surface area contributed by atoms with Gasteiger partial charge in [0.15, 0.2) is 0 Å². The Kier molecular flexibility index (Phi) is 3.54. The van der Waals surface area contributed by atoms with E-state index in [1.807, 2.05) is 19.1 Å². The highest BCUT2D eigenvalue weighted by molar-refractivity contribution is 5.96. The number of methoxy groups -OCH3 is 1. The van der Waals surface area contributed by atoms with E-state index >= 15 is 0 Å². The van der Waals surface area contributed by atoms with Gasteiger partial charge in [-0.05, 0) is 37.6 Å². The number of benzene rings is 1. The summed E-state index contributed by atoms with van der Waals surface area (Å²) in [6.45, 7) is 6.62. The second kappa shape index (κ2) is 5.84. The third kappa shape index (κ3) is 2.60. The van der Waals surface area contributed by atoms with Gasteiger partial charge in [-0.2, -0.15) is 0 Å². The third-order valence-corrected chi connectivity index (χ3v) is 5.81. The number of carbonyl (C=O) groups excluding carboxylic acids is 1. The molecule has 7 nitrogen and oxygen atoms in total. The second-order valence-electron chi connectivity index (χ2n) is 7.84. The number of carbonyl (C=O) groups is 1. The van der Waals surface area contributed by atoms with Crippen molar-refractivity contribution in [3.05, 3.63) is 41.3 Å². The van der Waals surface area contributed by atoms with Crippen LogP contribution in [-0.2, 0) is 6.42 Å². The van der Waals surface area contributed by atoms with Gasteiger partial charge < -0.3 is 19.9 Å². The zero-order valence-corrected chi connectivity index (χ0v) is 15.7. The lowest BCUT2D eigenvalue weighted by atomic mass is 9.72. The fraction of sp³-hybridized carbons (Fsp3) is 0.450. The Morgan fingerprint density at radius 1 is 1.07 bits per heavy atom. The number of nitrogens with zero attached hydrogens (tertiary/aromatic N) is 4. The summed E-state index contributed by atoms with van der Waals surface area (Å²) in [4.78, 5) is 25.9. The molecule has 2 saturated heterocycles. The lowest BCUT2D eigenvalue weighted by Gasteiger charge is -2.61. The van der Waals surface area contributed by atoms with Crippen LogP contribution >= 0.6 is 0 Å². The Bertz CT molecular complexity index is 897. The van der Waals surface area contributed by atoms with Crippen LogP contribution in [0.3, 0.4) is 0 Å². The molecule has 0 aliphatic carbocycles. The topological polar surface area (TPSA) is 70.6 Å². The number of rotatable bonds is 3. The summed E-state index contributed by atoms with van der Waals surface area (Å²) < 4.78 is 5.23. The number of anilines is 2. The number of nitrogens with one attached hydrogen (secondary N) is 1. The third-order valence-electron chi connectivity index (χ3n) is 5.81. The molecular formula is C20H23N5O2. The molecule has 1 aromatic carbocycles. The van der Waals surface area contributed by atoms with Crippen LogP contribution < -0.4 is 19.9 Å². The van der Waals surface area contributed by atoms with Crippen molar-refractivity contribution in [1.82, 2.24) is 15.3 Å². The molecule has 1 N–H and O–H groups in total. The van der Waals surface area contributed by atoms with E-state index in [4.69, 9.17) is 4.74 Å². The summed E-state index contributed by atoms with van der Waals surface area (Å²) in [5.74, 6) is 2.43. The summed E-state index contributed by atoms with van der Waals surface area (Å²) in [7, 11) is 1.69. The van der Waals surface area contributed by atoms with E-state index in [0.29, 0.717) is 23.5 Å². The molecule has 0 atom stereocenters. The first-order valence-corrected chi connectivity index (χ1v) is 9.37. The summed E-state index contributed by atoms with van der Waals surface area (Å²) in [6, 6.07) is 8.25. The van der Waals surface area contributed by atoms with E-state index in [2.05, 4.69) is 37.2 Å². The molecule has 27 heavy (non-hydrogen) atoms. The maximum Gasteiger partial charge on any atom is 0.270 e. The zero-order chi connectivity index (χ0) is 18.6. The monoisotopic (exact) mass is 365 g/mol. The number of amides is 1. The lowest BCUT2D eigenvalue weighted by molar-refractivity contribution is 0.0939. The average molecular weight is 365 g/mol. The Morgan fingerprint density at radius 3 is 2.48 bits per heavy atom. The van der Waals surface area contributed by atoms with E-state index in [1.165, 1.54) is 5.69 Å². The smallest absolute Gasteiger partial charge is 0.270 e. The molecule has 0 unspecified atom stereocenters. The highest BCUT2D eigenvalue weighted by Crippen LogP contribution is 2.44. The molecule has 140 valence electrons. The molecule has 0 radical (unpaired) electrons. The van der Waals surface area contributed by atoms with Crippen molar-refractivity contribution in [2.45, 2.75) is 13.3 Å². The zero-order valence-electron chi connectivity index (χ0n) is 15.7. The van der Waals surface area contributed by atoms with Crippen molar-refractivity contribution < 1.29 is 9.53 Å².